The topological polar surface area (TPSA) is 86.3 Å². The molecule has 42 heavy (non-hydrogen) atoms. The number of benzene rings is 2. The molecule has 0 unspecified atom stereocenters. The SMILES string of the molecule is CCCCNC(=O)/C=C/C(C)=C/c1ccc2c(c1)OCO2.CCN(CC)C(=O)/C=C/C(C)=C/c1ccc2c(c1)OCO2. The van der Waals surface area contributed by atoms with Crippen LogP contribution in [0.3, 0.4) is 0 Å². The van der Waals surface area contributed by atoms with Crippen LogP contribution < -0.4 is 24.3 Å². The fourth-order valence-corrected chi connectivity index (χ4v) is 4.13. The van der Waals surface area contributed by atoms with Gasteiger partial charge in [0.2, 0.25) is 25.4 Å². The van der Waals surface area contributed by atoms with Gasteiger partial charge in [0.1, 0.15) is 0 Å². The van der Waals surface area contributed by atoms with Crippen LogP contribution in [0.25, 0.3) is 12.2 Å². The van der Waals surface area contributed by atoms with Crippen LogP contribution in [0.5, 0.6) is 23.0 Å². The van der Waals surface area contributed by atoms with E-state index >= 15 is 0 Å². The molecule has 0 aliphatic carbocycles. The van der Waals surface area contributed by atoms with E-state index in [-0.39, 0.29) is 25.4 Å². The standard InChI is InChI=1S/2C17H21NO3/c1-4-18(5-2)17(19)9-6-13(3)10-14-7-8-15-16(11-14)21-12-20-15;1-3-4-9-18-17(19)8-5-13(2)10-14-6-7-15-16(11-14)21-12-20-15/h6-11H,4-5,12H2,1-3H3;5-8,10-11H,3-4,9,12H2,1-2H3,(H,18,19)/b9-6+,13-10+;8-5+,13-10+. The van der Waals surface area contributed by atoms with Gasteiger partial charge in [0.05, 0.1) is 0 Å². The van der Waals surface area contributed by atoms with Crippen LogP contribution in [-0.2, 0) is 9.59 Å². The van der Waals surface area contributed by atoms with Crippen molar-refractivity contribution in [3.63, 3.8) is 0 Å². The largest absolute Gasteiger partial charge is 0.454 e. The Labute approximate surface area is 249 Å². The Balaban J connectivity index is 0.000000230. The van der Waals surface area contributed by atoms with Gasteiger partial charge in [-0.2, -0.15) is 0 Å². The average molecular weight is 575 g/mol. The molecule has 8 heteroatoms. The minimum atomic E-state index is -0.0538. The Morgan fingerprint density at radius 2 is 1.24 bits per heavy atom. The molecule has 0 spiro atoms. The van der Waals surface area contributed by atoms with Gasteiger partial charge >= 0.3 is 0 Å². The molecule has 2 heterocycles. The van der Waals surface area contributed by atoms with Crippen molar-refractivity contribution in [2.45, 2.75) is 47.5 Å². The minimum absolute atomic E-state index is 0.0402. The van der Waals surface area contributed by atoms with Gasteiger partial charge in [-0.15, -0.1) is 0 Å². The second-order valence-corrected chi connectivity index (χ2v) is 9.82. The molecular weight excluding hydrogens is 532 g/mol. The summed E-state index contributed by atoms with van der Waals surface area (Å²) in [5.41, 5.74) is 4.05. The highest BCUT2D eigenvalue weighted by Crippen LogP contribution is 2.34. The van der Waals surface area contributed by atoms with Crippen molar-refractivity contribution in [1.82, 2.24) is 10.2 Å². The molecule has 0 saturated carbocycles. The van der Waals surface area contributed by atoms with Crippen LogP contribution in [0, 0.1) is 0 Å². The maximum absolute atomic E-state index is 11.9. The molecular formula is C34H42N2O6. The van der Waals surface area contributed by atoms with Gasteiger partial charge in [0.25, 0.3) is 0 Å². The number of amides is 2. The summed E-state index contributed by atoms with van der Waals surface area (Å²) in [6, 6.07) is 11.6. The smallest absolute Gasteiger partial charge is 0.246 e. The lowest BCUT2D eigenvalue weighted by Gasteiger charge is -2.15. The summed E-state index contributed by atoms with van der Waals surface area (Å²) in [4.78, 5) is 25.2. The summed E-state index contributed by atoms with van der Waals surface area (Å²) < 4.78 is 21.2. The molecule has 0 aromatic heterocycles. The zero-order chi connectivity index (χ0) is 30.3. The Hall–Kier alpha value is -4.46. The number of rotatable bonds is 11. The molecule has 2 amide bonds. The predicted octanol–water partition coefficient (Wildman–Crippen LogP) is 6.53. The van der Waals surface area contributed by atoms with Gasteiger partial charge in [-0.25, -0.2) is 0 Å². The molecule has 0 saturated heterocycles. The van der Waals surface area contributed by atoms with Crippen molar-refractivity contribution in [2.24, 2.45) is 0 Å². The van der Waals surface area contributed by atoms with E-state index in [2.05, 4.69) is 12.2 Å². The number of likely N-dealkylation sites (N-methyl/N-ethyl adjacent to an activating group) is 1. The summed E-state index contributed by atoms with van der Waals surface area (Å²) in [6.45, 7) is 12.7. The lowest BCUT2D eigenvalue weighted by molar-refractivity contribution is -0.125. The van der Waals surface area contributed by atoms with E-state index in [4.69, 9.17) is 18.9 Å². The van der Waals surface area contributed by atoms with E-state index in [0.29, 0.717) is 0 Å². The first-order chi connectivity index (χ1) is 20.3. The third-order valence-electron chi connectivity index (χ3n) is 6.47. The lowest BCUT2D eigenvalue weighted by atomic mass is 10.1. The van der Waals surface area contributed by atoms with Crippen LogP contribution in [0.15, 0.2) is 71.8 Å². The van der Waals surface area contributed by atoms with Gasteiger partial charge in [-0.1, -0.05) is 60.9 Å². The van der Waals surface area contributed by atoms with Gasteiger partial charge in [-0.3, -0.25) is 9.59 Å². The van der Waals surface area contributed by atoms with Gasteiger partial charge in [0.15, 0.2) is 23.0 Å². The van der Waals surface area contributed by atoms with E-state index in [0.717, 1.165) is 77.7 Å². The molecule has 8 nitrogen and oxygen atoms in total. The molecule has 2 aliphatic heterocycles. The highest BCUT2D eigenvalue weighted by atomic mass is 16.7. The van der Waals surface area contributed by atoms with Crippen molar-refractivity contribution in [3.8, 4) is 23.0 Å². The van der Waals surface area contributed by atoms with Gasteiger partial charge in [0, 0.05) is 31.8 Å². The molecule has 2 aromatic carbocycles. The second-order valence-electron chi connectivity index (χ2n) is 9.82. The normalized spacial score (nSPS) is 13.7. The maximum Gasteiger partial charge on any atom is 0.246 e. The average Bonchev–Trinajstić information content (AvgIpc) is 3.65. The molecule has 2 aromatic rings. The van der Waals surface area contributed by atoms with Crippen LogP contribution in [0.4, 0.5) is 0 Å². The number of unbranched alkanes of at least 4 members (excludes halogenated alkanes) is 1. The number of hydrogen-bond acceptors (Lipinski definition) is 6. The highest BCUT2D eigenvalue weighted by Gasteiger charge is 2.13. The van der Waals surface area contributed by atoms with E-state index < -0.39 is 0 Å². The monoisotopic (exact) mass is 574 g/mol. The van der Waals surface area contributed by atoms with Crippen molar-refractivity contribution in [2.75, 3.05) is 33.2 Å². The van der Waals surface area contributed by atoms with Crippen LogP contribution in [-0.4, -0.2) is 49.9 Å². The second kappa shape index (κ2) is 16.7. The summed E-state index contributed by atoms with van der Waals surface area (Å²) in [5, 5.41) is 2.85. The Morgan fingerprint density at radius 1 is 0.738 bits per heavy atom. The molecule has 0 bridgehead atoms. The molecule has 0 radical (unpaired) electrons. The fraction of sp³-hybridized carbons (Fsp3) is 0.353. The first-order valence-electron chi connectivity index (χ1n) is 14.4. The Morgan fingerprint density at radius 3 is 1.74 bits per heavy atom. The highest BCUT2D eigenvalue weighted by molar-refractivity contribution is 5.88. The van der Waals surface area contributed by atoms with Crippen molar-refractivity contribution < 1.29 is 28.5 Å². The number of allylic oxidation sites excluding steroid dienone is 4. The molecule has 0 fully saturated rings. The quantitative estimate of drug-likeness (QED) is 0.186. The van der Waals surface area contributed by atoms with E-state index in [1.54, 1.807) is 17.1 Å². The van der Waals surface area contributed by atoms with E-state index in [1.807, 2.05) is 88.4 Å². The maximum atomic E-state index is 11.9. The molecule has 4 rings (SSSR count). The number of nitrogens with one attached hydrogen (secondary N) is 1. The zero-order valence-corrected chi connectivity index (χ0v) is 25.3. The molecule has 1 N–H and O–H groups in total. The van der Waals surface area contributed by atoms with Crippen LogP contribution in [0.1, 0.15) is 58.6 Å². The first-order valence-corrected chi connectivity index (χ1v) is 14.4. The lowest BCUT2D eigenvalue weighted by Crippen LogP contribution is -2.28. The summed E-state index contributed by atoms with van der Waals surface area (Å²) >= 11 is 0. The molecule has 2 aliphatic rings. The van der Waals surface area contributed by atoms with Gasteiger partial charge in [-0.05, 0) is 69.5 Å². The summed E-state index contributed by atoms with van der Waals surface area (Å²) in [6.07, 6.45) is 12.9. The van der Waals surface area contributed by atoms with Crippen molar-refractivity contribution in [3.05, 3.63) is 83.0 Å². The number of carbonyl (C=O) groups excluding carboxylic acids is 2. The molecule has 224 valence electrons. The van der Waals surface area contributed by atoms with Crippen LogP contribution >= 0.6 is 0 Å². The fourth-order valence-electron chi connectivity index (χ4n) is 4.13. The van der Waals surface area contributed by atoms with E-state index in [1.165, 1.54) is 0 Å². The molecule has 0 atom stereocenters. The number of carbonyl (C=O) groups is 2. The summed E-state index contributed by atoms with van der Waals surface area (Å²) in [5.74, 6) is 3.06. The third kappa shape index (κ3) is 10.2. The predicted molar refractivity (Wildman–Crippen MR) is 167 cm³/mol. The zero-order valence-electron chi connectivity index (χ0n) is 25.3. The number of hydrogen-bond donors (Lipinski definition) is 1. The number of ether oxygens (including phenoxy) is 4. The van der Waals surface area contributed by atoms with Crippen LogP contribution in [0.2, 0.25) is 0 Å². The number of nitrogens with zero attached hydrogens (tertiary/aromatic N) is 1. The Kier molecular flexibility index (Phi) is 12.8. The number of fused-ring (bicyclic) bond motifs is 2. The van der Waals surface area contributed by atoms with Crippen molar-refractivity contribution >= 4 is 24.0 Å². The van der Waals surface area contributed by atoms with Crippen molar-refractivity contribution in [1.29, 1.82) is 0 Å². The first kappa shape index (κ1) is 32.1. The minimum Gasteiger partial charge on any atom is -0.454 e. The third-order valence-corrected chi connectivity index (χ3v) is 6.47. The summed E-state index contributed by atoms with van der Waals surface area (Å²) in [7, 11) is 0. The van der Waals surface area contributed by atoms with Gasteiger partial charge < -0.3 is 29.2 Å². The Bertz CT molecular complexity index is 1340. The van der Waals surface area contributed by atoms with E-state index in [9.17, 15) is 9.59 Å².